The fraction of sp³-hybridized carbons (Fsp3) is 0.263. The van der Waals surface area contributed by atoms with Gasteiger partial charge in [-0.1, -0.05) is 0 Å². The van der Waals surface area contributed by atoms with E-state index in [1.54, 1.807) is 23.1 Å². The first-order valence-corrected chi connectivity index (χ1v) is 8.75. The molecule has 0 spiro atoms. The minimum absolute atomic E-state index is 0.163. The van der Waals surface area contributed by atoms with Gasteiger partial charge in [0.15, 0.2) is 0 Å². The smallest absolute Gasteiger partial charge is 0.272 e. The monoisotopic (exact) mass is 383 g/mol. The number of ether oxygens (including phenoxy) is 2. The van der Waals surface area contributed by atoms with Crippen LogP contribution in [0, 0.1) is 5.82 Å². The molecule has 1 unspecified atom stereocenters. The maximum absolute atomic E-state index is 13.1. The van der Waals surface area contributed by atoms with Gasteiger partial charge in [0.1, 0.15) is 17.6 Å². The molecule has 4 rings (SSSR count). The van der Waals surface area contributed by atoms with Crippen molar-refractivity contribution >= 4 is 5.91 Å². The van der Waals surface area contributed by atoms with E-state index in [-0.39, 0.29) is 17.8 Å². The van der Waals surface area contributed by atoms with Gasteiger partial charge in [0.05, 0.1) is 31.7 Å². The molecule has 9 heteroatoms. The summed E-state index contributed by atoms with van der Waals surface area (Å²) in [4.78, 5) is 22.6. The Kier molecular flexibility index (Phi) is 4.88. The summed E-state index contributed by atoms with van der Waals surface area (Å²) in [6.45, 7) is 0.994. The van der Waals surface area contributed by atoms with Crippen LogP contribution in [0.25, 0.3) is 11.3 Å². The molecule has 28 heavy (non-hydrogen) atoms. The van der Waals surface area contributed by atoms with Crippen LogP contribution < -0.4 is 9.47 Å². The molecule has 1 aromatic carbocycles. The Balaban J connectivity index is 1.40. The predicted molar refractivity (Wildman–Crippen MR) is 97.5 cm³/mol. The Morgan fingerprint density at radius 1 is 1.25 bits per heavy atom. The number of rotatable bonds is 5. The molecule has 3 heterocycles. The van der Waals surface area contributed by atoms with E-state index in [2.05, 4.69) is 20.2 Å². The molecule has 0 radical (unpaired) electrons. The zero-order chi connectivity index (χ0) is 19.5. The number of halogens is 1. The van der Waals surface area contributed by atoms with Gasteiger partial charge in [-0.05, 0) is 30.3 Å². The highest BCUT2D eigenvalue weighted by Gasteiger charge is 2.29. The predicted octanol–water partition coefficient (Wildman–Crippen LogP) is 2.31. The lowest BCUT2D eigenvalue weighted by molar-refractivity contribution is 0.0765. The number of likely N-dealkylation sites (tertiary alicyclic amines) is 1. The number of aromatic nitrogens is 4. The number of benzene rings is 1. The maximum atomic E-state index is 13.1. The van der Waals surface area contributed by atoms with E-state index in [1.165, 1.54) is 31.6 Å². The van der Waals surface area contributed by atoms with Crippen LogP contribution in [-0.2, 0) is 0 Å². The Labute approximate surface area is 160 Å². The minimum Gasteiger partial charge on any atom is -0.480 e. The molecule has 2 aromatic heterocycles. The highest BCUT2D eigenvalue weighted by atomic mass is 19.1. The van der Waals surface area contributed by atoms with Crippen LogP contribution in [0.3, 0.4) is 0 Å². The molecule has 1 aliphatic rings. The highest BCUT2D eigenvalue weighted by Crippen LogP contribution is 2.22. The molecule has 8 nitrogen and oxygen atoms in total. The molecular weight excluding hydrogens is 365 g/mol. The van der Waals surface area contributed by atoms with Crippen LogP contribution in [0.15, 0.2) is 42.7 Å². The van der Waals surface area contributed by atoms with Gasteiger partial charge >= 0.3 is 0 Å². The zero-order valence-electron chi connectivity index (χ0n) is 15.1. The summed E-state index contributed by atoms with van der Waals surface area (Å²) in [7, 11) is 1.51. The van der Waals surface area contributed by atoms with E-state index in [0.29, 0.717) is 42.7 Å². The third kappa shape index (κ3) is 3.78. The third-order valence-corrected chi connectivity index (χ3v) is 4.47. The number of nitrogens with one attached hydrogen (secondary N) is 1. The Morgan fingerprint density at radius 2 is 2.04 bits per heavy atom. The summed E-state index contributed by atoms with van der Waals surface area (Å²) in [6.07, 6.45) is 3.51. The van der Waals surface area contributed by atoms with Gasteiger partial charge < -0.3 is 14.4 Å². The van der Waals surface area contributed by atoms with Crippen molar-refractivity contribution < 1.29 is 18.7 Å². The Morgan fingerprint density at radius 3 is 2.82 bits per heavy atom. The van der Waals surface area contributed by atoms with Crippen molar-refractivity contribution in [2.45, 2.75) is 12.5 Å². The normalized spacial score (nSPS) is 16.2. The number of carbonyl (C=O) groups is 1. The van der Waals surface area contributed by atoms with Crippen molar-refractivity contribution in [2.24, 2.45) is 0 Å². The van der Waals surface area contributed by atoms with Crippen LogP contribution in [0.5, 0.6) is 11.8 Å². The number of H-pyrrole nitrogens is 1. The average molecular weight is 383 g/mol. The van der Waals surface area contributed by atoms with Gasteiger partial charge in [-0.2, -0.15) is 10.1 Å². The van der Waals surface area contributed by atoms with Gasteiger partial charge in [-0.3, -0.25) is 14.9 Å². The number of amides is 1. The number of methoxy groups -OCH3 is 1. The fourth-order valence-corrected chi connectivity index (χ4v) is 3.04. The first-order chi connectivity index (χ1) is 13.6. The molecule has 1 fully saturated rings. The molecule has 1 aliphatic heterocycles. The van der Waals surface area contributed by atoms with E-state index in [4.69, 9.17) is 9.47 Å². The van der Waals surface area contributed by atoms with Gasteiger partial charge in [0.25, 0.3) is 5.91 Å². The van der Waals surface area contributed by atoms with E-state index in [0.717, 1.165) is 5.56 Å². The third-order valence-electron chi connectivity index (χ3n) is 4.47. The molecule has 0 bridgehead atoms. The van der Waals surface area contributed by atoms with Crippen LogP contribution in [-0.4, -0.2) is 57.3 Å². The number of aromatic amines is 1. The Hall–Kier alpha value is -3.49. The van der Waals surface area contributed by atoms with Crippen molar-refractivity contribution in [3.05, 3.63) is 54.2 Å². The van der Waals surface area contributed by atoms with Crippen molar-refractivity contribution in [2.75, 3.05) is 20.2 Å². The van der Waals surface area contributed by atoms with Gasteiger partial charge in [-0.25, -0.2) is 4.39 Å². The van der Waals surface area contributed by atoms with Crippen molar-refractivity contribution in [1.82, 2.24) is 25.1 Å². The number of carbonyl (C=O) groups excluding carboxylic acids is 1. The zero-order valence-corrected chi connectivity index (χ0v) is 15.1. The lowest BCUT2D eigenvalue weighted by Crippen LogP contribution is -2.31. The summed E-state index contributed by atoms with van der Waals surface area (Å²) >= 11 is 0. The van der Waals surface area contributed by atoms with Crippen LogP contribution >= 0.6 is 0 Å². The molecule has 1 atom stereocenters. The largest absolute Gasteiger partial charge is 0.480 e. The van der Waals surface area contributed by atoms with Crippen molar-refractivity contribution in [3.63, 3.8) is 0 Å². The molecule has 1 N–H and O–H groups in total. The standard InChI is InChI=1S/C19H18FN5O3/c1-27-17-9-21-10-18(22-17)28-14-6-7-25(11-14)19(26)16-8-15(23-24-16)12-2-4-13(20)5-3-12/h2-5,8-10,14H,6-7,11H2,1H3,(H,23,24). The molecule has 3 aromatic rings. The average Bonchev–Trinajstić information content (AvgIpc) is 3.38. The molecule has 0 saturated carbocycles. The molecule has 1 saturated heterocycles. The first kappa shape index (κ1) is 17.9. The highest BCUT2D eigenvalue weighted by molar-refractivity contribution is 5.93. The van der Waals surface area contributed by atoms with Crippen LogP contribution in [0.4, 0.5) is 4.39 Å². The summed E-state index contributed by atoms with van der Waals surface area (Å²) in [5.74, 6) is 0.246. The number of hydrogen-bond donors (Lipinski definition) is 1. The van der Waals surface area contributed by atoms with E-state index in [1.807, 2.05) is 0 Å². The summed E-state index contributed by atoms with van der Waals surface area (Å²) < 4.78 is 23.9. The van der Waals surface area contributed by atoms with Gasteiger partial charge in [0.2, 0.25) is 11.8 Å². The van der Waals surface area contributed by atoms with E-state index >= 15 is 0 Å². The lowest BCUT2D eigenvalue weighted by Gasteiger charge is -2.16. The van der Waals surface area contributed by atoms with Crippen LogP contribution in [0.2, 0.25) is 0 Å². The van der Waals surface area contributed by atoms with Crippen molar-refractivity contribution in [1.29, 1.82) is 0 Å². The lowest BCUT2D eigenvalue weighted by atomic mass is 10.1. The molecule has 1 amide bonds. The van der Waals surface area contributed by atoms with E-state index < -0.39 is 0 Å². The summed E-state index contributed by atoms with van der Waals surface area (Å²) in [5, 5.41) is 6.92. The summed E-state index contributed by atoms with van der Waals surface area (Å²) in [5.41, 5.74) is 1.69. The maximum Gasteiger partial charge on any atom is 0.272 e. The number of nitrogens with zero attached hydrogens (tertiary/aromatic N) is 4. The van der Waals surface area contributed by atoms with Gasteiger partial charge in [0, 0.05) is 18.5 Å². The molecular formula is C19H18FN5O3. The second-order valence-corrected chi connectivity index (χ2v) is 6.35. The Bertz CT molecular complexity index is 976. The number of hydrogen-bond acceptors (Lipinski definition) is 6. The van der Waals surface area contributed by atoms with Crippen LogP contribution in [0.1, 0.15) is 16.9 Å². The second-order valence-electron chi connectivity index (χ2n) is 6.35. The fourth-order valence-electron chi connectivity index (χ4n) is 3.04. The second kappa shape index (κ2) is 7.63. The van der Waals surface area contributed by atoms with Crippen molar-refractivity contribution in [3.8, 4) is 23.0 Å². The topological polar surface area (TPSA) is 93.2 Å². The van der Waals surface area contributed by atoms with E-state index in [9.17, 15) is 9.18 Å². The summed E-state index contributed by atoms with van der Waals surface area (Å²) in [6, 6.07) is 7.62. The molecule has 0 aliphatic carbocycles. The van der Waals surface area contributed by atoms with Gasteiger partial charge in [-0.15, -0.1) is 0 Å². The SMILES string of the molecule is COc1cncc(OC2CCN(C(=O)c3cc(-c4ccc(F)cc4)n[nH]3)C2)n1. The molecule has 144 valence electrons. The first-order valence-electron chi connectivity index (χ1n) is 8.75. The minimum atomic E-state index is -0.320. The quantitative estimate of drug-likeness (QED) is 0.727.